The number of fused-ring (bicyclic) bond motifs is 1. The second kappa shape index (κ2) is 11.5. The highest BCUT2D eigenvalue weighted by atomic mass is 16.6. The summed E-state index contributed by atoms with van der Waals surface area (Å²) >= 11 is 0. The number of nitrogens with one attached hydrogen (secondary N) is 4. The van der Waals surface area contributed by atoms with Crippen molar-refractivity contribution < 1.29 is 28.9 Å². The van der Waals surface area contributed by atoms with Gasteiger partial charge in [-0.1, -0.05) is 18.2 Å². The number of Topliss-reactive ketones (excluding diaryl/α,β-unsaturated/α-hetero) is 1. The van der Waals surface area contributed by atoms with Gasteiger partial charge in [-0.15, -0.1) is 0 Å². The molecule has 0 bridgehead atoms. The summed E-state index contributed by atoms with van der Waals surface area (Å²) in [5.41, 5.74) is 0.586. The summed E-state index contributed by atoms with van der Waals surface area (Å²) in [5, 5.41) is 19.4. The van der Waals surface area contributed by atoms with Crippen molar-refractivity contribution in [2.75, 3.05) is 6.54 Å². The lowest BCUT2D eigenvalue weighted by Crippen LogP contribution is -2.48. The van der Waals surface area contributed by atoms with E-state index >= 15 is 0 Å². The van der Waals surface area contributed by atoms with Crippen molar-refractivity contribution in [1.82, 2.24) is 20.9 Å². The zero-order valence-corrected chi connectivity index (χ0v) is 20.1. The van der Waals surface area contributed by atoms with Gasteiger partial charge < -0.3 is 25.7 Å². The number of non-ortho nitro benzene ring substituents is 1. The van der Waals surface area contributed by atoms with Crippen LogP contribution in [0.3, 0.4) is 0 Å². The van der Waals surface area contributed by atoms with E-state index in [9.17, 15) is 34.1 Å². The largest absolute Gasteiger partial charge is 0.356 e. The van der Waals surface area contributed by atoms with Gasteiger partial charge in [-0.05, 0) is 49.1 Å². The second-order valence-electron chi connectivity index (χ2n) is 8.97. The molecule has 12 heteroatoms. The highest BCUT2D eigenvalue weighted by molar-refractivity contribution is 6.43. The Morgan fingerprint density at radius 3 is 2.50 bits per heavy atom. The molecule has 0 aliphatic carbocycles. The van der Waals surface area contributed by atoms with Crippen molar-refractivity contribution in [2.45, 2.75) is 31.3 Å². The fourth-order valence-electron chi connectivity index (χ4n) is 4.38. The summed E-state index contributed by atoms with van der Waals surface area (Å²) in [6.07, 6.45) is 1.88. The summed E-state index contributed by atoms with van der Waals surface area (Å²) in [5.74, 6) is -3.50. The van der Waals surface area contributed by atoms with Crippen LogP contribution in [0, 0.1) is 16.0 Å². The van der Waals surface area contributed by atoms with Crippen LogP contribution in [0.2, 0.25) is 0 Å². The number of hydrogen-bond acceptors (Lipinski definition) is 7. The number of carbonyl (C=O) groups is 5. The molecule has 1 aliphatic heterocycles. The van der Waals surface area contributed by atoms with Gasteiger partial charge in [0.25, 0.3) is 17.4 Å². The number of carbonyl (C=O) groups excluding carboxylic acids is 5. The fraction of sp³-hybridized carbons (Fsp3) is 0.269. The summed E-state index contributed by atoms with van der Waals surface area (Å²) in [7, 11) is 0. The Morgan fingerprint density at radius 2 is 1.84 bits per heavy atom. The van der Waals surface area contributed by atoms with E-state index in [2.05, 4.69) is 20.9 Å². The minimum Gasteiger partial charge on any atom is -0.356 e. The van der Waals surface area contributed by atoms with Crippen LogP contribution in [0.25, 0.3) is 10.9 Å². The molecule has 1 aliphatic rings. The first-order chi connectivity index (χ1) is 18.3. The number of nitro groups is 1. The van der Waals surface area contributed by atoms with Gasteiger partial charge in [-0.3, -0.25) is 29.3 Å². The van der Waals surface area contributed by atoms with Crippen LogP contribution in [0.4, 0.5) is 5.69 Å². The second-order valence-corrected chi connectivity index (χ2v) is 8.97. The first-order valence-electron chi connectivity index (χ1n) is 12.0. The number of aromatic nitrogens is 1. The highest BCUT2D eigenvalue weighted by Crippen LogP contribution is 2.21. The standard InChI is InChI=1S/C26H25N5O7/c32-14-18(12-17-5-3-11-27-24(17)34)28-25(35)22(15-7-9-19(10-8-15)31(37)38)30-26(36)23(33)21-13-16-4-1-2-6-20(16)29-21/h1-2,4,6-10,13-14,17-18,22,29H,3,5,11-12H2,(H,27,34)(H,28,35)(H,30,36)/t17?,18-,22-/m0/s1. The Balaban J connectivity index is 1.55. The van der Waals surface area contributed by atoms with Gasteiger partial charge in [0.1, 0.15) is 12.3 Å². The van der Waals surface area contributed by atoms with Crippen LogP contribution in [0.5, 0.6) is 0 Å². The molecule has 1 unspecified atom stereocenters. The van der Waals surface area contributed by atoms with E-state index < -0.39 is 40.5 Å². The Hall–Kier alpha value is -4.87. The lowest BCUT2D eigenvalue weighted by molar-refractivity contribution is -0.384. The molecule has 196 valence electrons. The molecular formula is C26H25N5O7. The normalized spacial score (nSPS) is 16.6. The molecule has 3 amide bonds. The molecule has 12 nitrogen and oxygen atoms in total. The third kappa shape index (κ3) is 5.91. The van der Waals surface area contributed by atoms with Gasteiger partial charge in [-0.25, -0.2) is 0 Å². The van der Waals surface area contributed by atoms with E-state index in [-0.39, 0.29) is 29.3 Å². The maximum atomic E-state index is 13.3. The Morgan fingerprint density at radius 1 is 1.11 bits per heavy atom. The summed E-state index contributed by atoms with van der Waals surface area (Å²) < 4.78 is 0. The van der Waals surface area contributed by atoms with Gasteiger partial charge in [0.05, 0.1) is 16.7 Å². The number of nitrogens with zero attached hydrogens (tertiary/aromatic N) is 1. The number of rotatable bonds is 10. The number of piperidine rings is 1. The smallest absolute Gasteiger partial charge is 0.294 e. The first-order valence-corrected chi connectivity index (χ1v) is 12.0. The molecule has 4 N–H and O–H groups in total. The summed E-state index contributed by atoms with van der Waals surface area (Å²) in [6, 6.07) is 11.0. The van der Waals surface area contributed by atoms with E-state index in [1.54, 1.807) is 24.3 Å². The molecular weight excluding hydrogens is 494 g/mol. The Labute approximate surface area is 216 Å². The molecule has 2 aromatic carbocycles. The maximum absolute atomic E-state index is 13.3. The van der Waals surface area contributed by atoms with E-state index in [1.165, 1.54) is 18.2 Å². The van der Waals surface area contributed by atoms with Crippen molar-refractivity contribution in [1.29, 1.82) is 0 Å². The zero-order valence-electron chi connectivity index (χ0n) is 20.1. The van der Waals surface area contributed by atoms with E-state index in [0.717, 1.165) is 18.6 Å². The number of nitro benzene ring substituents is 1. The molecule has 38 heavy (non-hydrogen) atoms. The number of hydrogen-bond donors (Lipinski definition) is 4. The van der Waals surface area contributed by atoms with Crippen LogP contribution in [-0.2, 0) is 19.2 Å². The van der Waals surface area contributed by atoms with Gasteiger partial charge in [0.15, 0.2) is 0 Å². The van der Waals surface area contributed by atoms with Gasteiger partial charge in [-0.2, -0.15) is 0 Å². The van der Waals surface area contributed by atoms with Crippen LogP contribution in [0.15, 0.2) is 54.6 Å². The highest BCUT2D eigenvalue weighted by Gasteiger charge is 2.31. The monoisotopic (exact) mass is 519 g/mol. The lowest BCUT2D eigenvalue weighted by atomic mass is 9.92. The molecule has 2 heterocycles. The molecule has 0 radical (unpaired) electrons. The van der Waals surface area contributed by atoms with Crippen molar-refractivity contribution in [3.63, 3.8) is 0 Å². The molecule has 3 aromatic rings. The molecule has 4 rings (SSSR count). The maximum Gasteiger partial charge on any atom is 0.294 e. The minimum absolute atomic E-state index is 0.0145. The number of aldehydes is 1. The van der Waals surface area contributed by atoms with Crippen molar-refractivity contribution >= 4 is 46.4 Å². The molecule has 0 saturated carbocycles. The summed E-state index contributed by atoms with van der Waals surface area (Å²) in [4.78, 5) is 76.1. The number of para-hydroxylation sites is 1. The van der Waals surface area contributed by atoms with E-state index in [4.69, 9.17) is 0 Å². The van der Waals surface area contributed by atoms with Gasteiger partial charge in [0, 0.05) is 35.5 Å². The topological polar surface area (TPSA) is 180 Å². The molecule has 0 spiro atoms. The number of H-pyrrole nitrogens is 1. The van der Waals surface area contributed by atoms with Gasteiger partial charge >= 0.3 is 0 Å². The number of ketones is 1. The van der Waals surface area contributed by atoms with E-state index in [1.807, 2.05) is 0 Å². The van der Waals surface area contributed by atoms with E-state index in [0.29, 0.717) is 30.2 Å². The number of amides is 3. The number of benzene rings is 2. The number of aromatic amines is 1. The van der Waals surface area contributed by atoms with Crippen LogP contribution in [0.1, 0.15) is 41.4 Å². The zero-order chi connectivity index (χ0) is 27.2. The van der Waals surface area contributed by atoms with Crippen LogP contribution >= 0.6 is 0 Å². The predicted octanol–water partition coefficient (Wildman–Crippen LogP) is 1.72. The minimum atomic E-state index is -1.45. The average molecular weight is 520 g/mol. The van der Waals surface area contributed by atoms with Crippen molar-refractivity contribution in [3.05, 3.63) is 76.0 Å². The third-order valence-corrected chi connectivity index (χ3v) is 6.39. The average Bonchev–Trinajstić information content (AvgIpc) is 3.36. The molecule has 3 atom stereocenters. The Bertz CT molecular complexity index is 1370. The first kappa shape index (κ1) is 26.2. The van der Waals surface area contributed by atoms with Crippen molar-refractivity contribution in [2.24, 2.45) is 5.92 Å². The molecule has 1 aromatic heterocycles. The van der Waals surface area contributed by atoms with Gasteiger partial charge in [0.2, 0.25) is 11.8 Å². The molecule has 1 saturated heterocycles. The quantitative estimate of drug-likeness (QED) is 0.103. The third-order valence-electron chi connectivity index (χ3n) is 6.39. The SMILES string of the molecule is O=C[C@H](CC1CCCNC1=O)NC(=O)[C@@H](NC(=O)C(=O)c1cc2ccccc2[nH]1)c1ccc([N+](=O)[O-])cc1. The summed E-state index contributed by atoms with van der Waals surface area (Å²) in [6.45, 7) is 0.548. The Kier molecular flexibility index (Phi) is 7.90. The molecule has 1 fully saturated rings. The fourth-order valence-corrected chi connectivity index (χ4v) is 4.38. The predicted molar refractivity (Wildman–Crippen MR) is 135 cm³/mol. The van der Waals surface area contributed by atoms with Crippen LogP contribution in [-0.4, -0.2) is 52.3 Å². The van der Waals surface area contributed by atoms with Crippen LogP contribution < -0.4 is 16.0 Å². The lowest BCUT2D eigenvalue weighted by Gasteiger charge is -2.26. The van der Waals surface area contributed by atoms with Crippen molar-refractivity contribution in [3.8, 4) is 0 Å².